The lowest BCUT2D eigenvalue weighted by molar-refractivity contribution is 0.146. The van der Waals surface area contributed by atoms with Crippen molar-refractivity contribution in [3.8, 4) is 16.9 Å². The van der Waals surface area contributed by atoms with E-state index >= 15 is 0 Å². The molecule has 3 rings (SSSR count). The number of aromatic hydroxyl groups is 1. The molecule has 0 spiro atoms. The van der Waals surface area contributed by atoms with Crippen LogP contribution in [0.5, 0.6) is 5.75 Å². The highest BCUT2D eigenvalue weighted by molar-refractivity contribution is 5.95. The molecule has 3 N–H and O–H groups in total. The van der Waals surface area contributed by atoms with Crippen LogP contribution < -0.4 is 5.32 Å². The van der Waals surface area contributed by atoms with Crippen LogP contribution in [0.1, 0.15) is 0 Å². The quantitative estimate of drug-likeness (QED) is 0.287. The first-order valence-corrected chi connectivity index (χ1v) is 9.98. The van der Waals surface area contributed by atoms with Crippen LogP contribution in [-0.2, 0) is 4.74 Å². The average Bonchev–Trinajstić information content (AvgIpc) is 2.76. The van der Waals surface area contributed by atoms with Gasteiger partial charge in [-0.05, 0) is 23.3 Å². The van der Waals surface area contributed by atoms with Gasteiger partial charge in [-0.1, -0.05) is 36.4 Å². The van der Waals surface area contributed by atoms with Crippen LogP contribution in [0, 0.1) is 0 Å². The van der Waals surface area contributed by atoms with E-state index in [-0.39, 0.29) is 12.4 Å². The normalized spacial score (nSPS) is 15.5. The van der Waals surface area contributed by atoms with E-state index in [9.17, 15) is 5.11 Å². The zero-order valence-corrected chi connectivity index (χ0v) is 16.9. The second-order valence-corrected chi connectivity index (χ2v) is 6.97. The number of benzene rings is 2. The van der Waals surface area contributed by atoms with Crippen molar-refractivity contribution in [1.82, 2.24) is 9.80 Å². The van der Waals surface area contributed by atoms with Gasteiger partial charge in [0.15, 0.2) is 5.96 Å². The number of piperazine rings is 1. The molecule has 1 saturated heterocycles. The third-order valence-corrected chi connectivity index (χ3v) is 5.00. The molecule has 7 nitrogen and oxygen atoms in total. The molecular formula is C22H30N4O3. The van der Waals surface area contributed by atoms with Gasteiger partial charge >= 0.3 is 0 Å². The lowest BCUT2D eigenvalue weighted by Gasteiger charge is -2.36. The van der Waals surface area contributed by atoms with E-state index < -0.39 is 0 Å². The molecule has 156 valence electrons. The van der Waals surface area contributed by atoms with Crippen molar-refractivity contribution < 1.29 is 14.9 Å². The number of hydrogen-bond acceptors (Lipinski definition) is 5. The fraction of sp³-hybridized carbons (Fsp3) is 0.409. The SMILES string of the molecule is COCCN=C(Nc1cc(-c2ccccc2)ccc1O)N1CCN(CCO)CC1. The maximum atomic E-state index is 10.4. The Morgan fingerprint density at radius 2 is 1.83 bits per heavy atom. The number of guanidine groups is 1. The minimum absolute atomic E-state index is 0.174. The summed E-state index contributed by atoms with van der Waals surface area (Å²) in [6, 6.07) is 15.6. The number of anilines is 1. The zero-order chi connectivity index (χ0) is 20.5. The Morgan fingerprint density at radius 3 is 2.52 bits per heavy atom. The van der Waals surface area contributed by atoms with Gasteiger partial charge in [0.25, 0.3) is 0 Å². The Labute approximate surface area is 172 Å². The first-order valence-electron chi connectivity index (χ1n) is 9.98. The second-order valence-electron chi connectivity index (χ2n) is 6.97. The molecule has 0 amide bonds. The third kappa shape index (κ3) is 5.93. The molecule has 7 heteroatoms. The lowest BCUT2D eigenvalue weighted by Crippen LogP contribution is -2.51. The van der Waals surface area contributed by atoms with E-state index in [1.54, 1.807) is 13.2 Å². The molecular weight excluding hydrogens is 368 g/mol. The first kappa shape index (κ1) is 21.1. The predicted octanol–water partition coefficient (Wildman–Crippen LogP) is 2.08. The number of phenols is 1. The minimum atomic E-state index is 0.174. The molecule has 0 saturated carbocycles. The van der Waals surface area contributed by atoms with Crippen molar-refractivity contribution in [2.75, 3.05) is 64.9 Å². The molecule has 2 aromatic carbocycles. The van der Waals surface area contributed by atoms with Gasteiger partial charge in [0.1, 0.15) is 5.75 Å². The molecule has 0 bridgehead atoms. The molecule has 1 aliphatic rings. The number of aliphatic hydroxyl groups excluding tert-OH is 1. The Bertz CT molecular complexity index is 790. The maximum absolute atomic E-state index is 10.4. The third-order valence-electron chi connectivity index (χ3n) is 5.00. The standard InChI is InChI=1S/C22H30N4O3/c1-29-16-9-23-22(26-12-10-25(11-13-26)14-15-27)24-20-17-19(7-8-21(20)28)18-5-3-2-4-6-18/h2-8,17,27-28H,9-16H2,1H3,(H,23,24). The summed E-state index contributed by atoms with van der Waals surface area (Å²) in [5.41, 5.74) is 2.74. The number of phenolic OH excluding ortho intramolecular Hbond substituents is 1. The van der Waals surface area contributed by atoms with Crippen molar-refractivity contribution in [2.45, 2.75) is 0 Å². The van der Waals surface area contributed by atoms with Crippen LogP contribution >= 0.6 is 0 Å². The number of aliphatic hydroxyl groups is 1. The number of nitrogens with zero attached hydrogens (tertiary/aromatic N) is 3. The Hall–Kier alpha value is -2.61. The number of aliphatic imine (C=N–C) groups is 1. The number of rotatable bonds is 7. The average molecular weight is 399 g/mol. The highest BCUT2D eigenvalue weighted by Crippen LogP contribution is 2.30. The van der Waals surface area contributed by atoms with Crippen LogP contribution in [0.15, 0.2) is 53.5 Å². The lowest BCUT2D eigenvalue weighted by atomic mass is 10.0. The second kappa shape index (κ2) is 10.8. The number of nitrogens with one attached hydrogen (secondary N) is 1. The van der Waals surface area contributed by atoms with Crippen molar-refractivity contribution in [3.05, 3.63) is 48.5 Å². The Kier molecular flexibility index (Phi) is 7.86. The minimum Gasteiger partial charge on any atom is -0.506 e. The van der Waals surface area contributed by atoms with Crippen LogP contribution in [0.25, 0.3) is 11.1 Å². The van der Waals surface area contributed by atoms with Crippen LogP contribution in [0.3, 0.4) is 0 Å². The van der Waals surface area contributed by atoms with E-state index in [0.29, 0.717) is 25.4 Å². The van der Waals surface area contributed by atoms with Gasteiger partial charge < -0.3 is 25.2 Å². The van der Waals surface area contributed by atoms with Gasteiger partial charge in [-0.15, -0.1) is 0 Å². The predicted molar refractivity (Wildman–Crippen MR) is 116 cm³/mol. The molecule has 0 atom stereocenters. The summed E-state index contributed by atoms with van der Waals surface area (Å²) in [4.78, 5) is 9.09. The van der Waals surface area contributed by atoms with Gasteiger partial charge in [-0.2, -0.15) is 0 Å². The first-order chi connectivity index (χ1) is 14.2. The monoisotopic (exact) mass is 398 g/mol. The van der Waals surface area contributed by atoms with Crippen molar-refractivity contribution in [2.24, 2.45) is 4.99 Å². The number of methoxy groups -OCH3 is 1. The summed E-state index contributed by atoms with van der Waals surface area (Å²) >= 11 is 0. The van der Waals surface area contributed by atoms with E-state index in [4.69, 9.17) is 9.84 Å². The van der Waals surface area contributed by atoms with Crippen molar-refractivity contribution in [3.63, 3.8) is 0 Å². The van der Waals surface area contributed by atoms with Gasteiger partial charge in [0.2, 0.25) is 0 Å². The number of hydrogen-bond donors (Lipinski definition) is 3. The number of ether oxygens (including phenoxy) is 1. The molecule has 0 unspecified atom stereocenters. The smallest absolute Gasteiger partial charge is 0.198 e. The Morgan fingerprint density at radius 1 is 1.07 bits per heavy atom. The largest absolute Gasteiger partial charge is 0.506 e. The van der Waals surface area contributed by atoms with E-state index in [1.165, 1.54) is 0 Å². The summed E-state index contributed by atoms with van der Waals surface area (Å²) in [6.07, 6.45) is 0. The zero-order valence-electron chi connectivity index (χ0n) is 16.9. The fourth-order valence-corrected chi connectivity index (χ4v) is 3.35. The number of β-amino-alcohol motifs (C(OH)–C–C–N with tert-alkyl or cyclic N) is 1. The highest BCUT2D eigenvalue weighted by Gasteiger charge is 2.20. The van der Waals surface area contributed by atoms with Crippen LogP contribution in [-0.4, -0.2) is 85.6 Å². The molecule has 1 heterocycles. The highest BCUT2D eigenvalue weighted by atomic mass is 16.5. The molecule has 0 aromatic heterocycles. The van der Waals surface area contributed by atoms with Gasteiger partial charge in [-0.25, -0.2) is 0 Å². The summed E-state index contributed by atoms with van der Waals surface area (Å²) in [6.45, 7) is 5.27. The molecule has 0 aliphatic carbocycles. The summed E-state index contributed by atoms with van der Waals surface area (Å²) in [5.74, 6) is 0.911. The summed E-state index contributed by atoms with van der Waals surface area (Å²) in [5, 5.41) is 22.9. The van der Waals surface area contributed by atoms with E-state index in [1.807, 2.05) is 42.5 Å². The molecule has 0 radical (unpaired) electrons. The fourth-order valence-electron chi connectivity index (χ4n) is 3.35. The summed E-state index contributed by atoms with van der Waals surface area (Å²) < 4.78 is 5.14. The van der Waals surface area contributed by atoms with E-state index in [2.05, 4.69) is 20.1 Å². The van der Waals surface area contributed by atoms with Gasteiger partial charge in [0, 0.05) is 39.8 Å². The van der Waals surface area contributed by atoms with Crippen molar-refractivity contribution in [1.29, 1.82) is 0 Å². The van der Waals surface area contributed by atoms with Gasteiger partial charge in [-0.3, -0.25) is 9.89 Å². The van der Waals surface area contributed by atoms with Crippen molar-refractivity contribution >= 4 is 11.6 Å². The molecule has 1 aliphatic heterocycles. The van der Waals surface area contributed by atoms with Gasteiger partial charge in [0.05, 0.1) is 25.4 Å². The molecule has 2 aromatic rings. The molecule has 1 fully saturated rings. The summed E-state index contributed by atoms with van der Waals surface area (Å²) in [7, 11) is 1.66. The van der Waals surface area contributed by atoms with E-state index in [0.717, 1.165) is 43.3 Å². The van der Waals surface area contributed by atoms with Crippen LogP contribution in [0.4, 0.5) is 5.69 Å². The molecule has 29 heavy (non-hydrogen) atoms. The maximum Gasteiger partial charge on any atom is 0.198 e. The topological polar surface area (TPSA) is 80.6 Å². The Balaban J connectivity index is 1.78. The van der Waals surface area contributed by atoms with Crippen LogP contribution in [0.2, 0.25) is 0 Å².